The number of esters is 1. The number of carbonyl (C=O) groups excluding carboxylic acids is 1. The van der Waals surface area contributed by atoms with Crippen molar-refractivity contribution in [3.63, 3.8) is 0 Å². The molecule has 0 saturated carbocycles. The lowest BCUT2D eigenvalue weighted by Gasteiger charge is -2.08. The van der Waals surface area contributed by atoms with Crippen LogP contribution >= 0.6 is 15.9 Å². The Morgan fingerprint density at radius 2 is 2.25 bits per heavy atom. The SMILES string of the molecule is C[C@H](C#N)OC(=O)CCNS(=O)(=O)c1cccc(Br)c1. The van der Waals surface area contributed by atoms with E-state index in [1.165, 1.54) is 19.1 Å². The Kier molecular flexibility index (Phi) is 6.13. The molecule has 0 aliphatic carbocycles. The molecule has 0 radical (unpaired) electrons. The minimum Gasteiger partial charge on any atom is -0.447 e. The molecule has 0 heterocycles. The fourth-order valence-electron chi connectivity index (χ4n) is 1.29. The van der Waals surface area contributed by atoms with Gasteiger partial charge >= 0.3 is 5.97 Å². The van der Waals surface area contributed by atoms with Gasteiger partial charge in [-0.05, 0) is 25.1 Å². The first-order valence-corrected chi connectivity index (χ1v) is 7.97. The Morgan fingerprint density at radius 1 is 1.55 bits per heavy atom. The highest BCUT2D eigenvalue weighted by atomic mass is 79.9. The molecule has 20 heavy (non-hydrogen) atoms. The zero-order valence-electron chi connectivity index (χ0n) is 10.7. The lowest BCUT2D eigenvalue weighted by Crippen LogP contribution is -2.27. The molecule has 0 aromatic heterocycles. The van der Waals surface area contributed by atoms with E-state index in [1.807, 2.05) is 0 Å². The van der Waals surface area contributed by atoms with Gasteiger partial charge in [0.05, 0.1) is 11.3 Å². The van der Waals surface area contributed by atoms with E-state index >= 15 is 0 Å². The molecule has 0 spiro atoms. The molecule has 8 heteroatoms. The van der Waals surface area contributed by atoms with Gasteiger partial charge in [0.25, 0.3) is 0 Å². The molecule has 0 amide bonds. The predicted octanol–water partition coefficient (Wildman–Crippen LogP) is 1.57. The van der Waals surface area contributed by atoms with Gasteiger partial charge in [0.15, 0.2) is 6.10 Å². The van der Waals surface area contributed by atoms with Crippen molar-refractivity contribution in [3.8, 4) is 6.07 Å². The Labute approximate surface area is 125 Å². The van der Waals surface area contributed by atoms with E-state index in [-0.39, 0.29) is 17.9 Å². The number of halogens is 1. The minimum atomic E-state index is -3.67. The standard InChI is InChI=1S/C12H13BrN2O4S/c1-9(8-14)19-12(16)5-6-15-20(17,18)11-4-2-3-10(13)7-11/h2-4,7,9,15H,5-6H2,1H3/t9-/m1/s1. The van der Waals surface area contributed by atoms with Crippen LogP contribution in [-0.4, -0.2) is 27.0 Å². The molecule has 1 rings (SSSR count). The summed E-state index contributed by atoms with van der Waals surface area (Å²) in [6.45, 7) is 1.34. The molecule has 0 fully saturated rings. The number of hydrogen-bond donors (Lipinski definition) is 1. The first kappa shape index (κ1) is 16.6. The van der Waals surface area contributed by atoms with Crippen LogP contribution in [0.5, 0.6) is 0 Å². The summed E-state index contributed by atoms with van der Waals surface area (Å²) in [6.07, 6.45) is -0.983. The summed E-state index contributed by atoms with van der Waals surface area (Å²) in [6, 6.07) is 7.96. The summed E-state index contributed by atoms with van der Waals surface area (Å²) in [5.74, 6) is -0.629. The number of nitrogens with one attached hydrogen (secondary N) is 1. The average molecular weight is 361 g/mol. The van der Waals surface area contributed by atoms with Crippen LogP contribution < -0.4 is 4.72 Å². The van der Waals surface area contributed by atoms with Crippen LogP contribution in [0.25, 0.3) is 0 Å². The number of hydrogen-bond acceptors (Lipinski definition) is 5. The van der Waals surface area contributed by atoms with Gasteiger partial charge < -0.3 is 4.74 Å². The number of sulfonamides is 1. The summed E-state index contributed by atoms with van der Waals surface area (Å²) < 4.78 is 31.4. The maximum Gasteiger partial charge on any atom is 0.308 e. The van der Waals surface area contributed by atoms with Crippen LogP contribution in [0.4, 0.5) is 0 Å². The number of nitrogens with zero attached hydrogens (tertiary/aromatic N) is 1. The summed E-state index contributed by atoms with van der Waals surface area (Å²) in [5, 5.41) is 8.47. The molecule has 0 bridgehead atoms. The van der Waals surface area contributed by atoms with E-state index in [4.69, 9.17) is 10.00 Å². The second-order valence-electron chi connectivity index (χ2n) is 3.87. The molecular formula is C12H13BrN2O4S. The molecule has 0 aliphatic heterocycles. The maximum atomic E-state index is 11.9. The van der Waals surface area contributed by atoms with Crippen LogP contribution in [-0.2, 0) is 19.6 Å². The van der Waals surface area contributed by atoms with Gasteiger partial charge in [-0.15, -0.1) is 0 Å². The first-order valence-electron chi connectivity index (χ1n) is 5.69. The highest BCUT2D eigenvalue weighted by Crippen LogP contribution is 2.15. The van der Waals surface area contributed by atoms with Crippen LogP contribution in [0.15, 0.2) is 33.6 Å². The molecule has 6 nitrogen and oxygen atoms in total. The van der Waals surface area contributed by atoms with E-state index < -0.39 is 22.1 Å². The quantitative estimate of drug-likeness (QED) is 0.776. The molecule has 1 aromatic rings. The number of ether oxygens (including phenoxy) is 1. The highest BCUT2D eigenvalue weighted by Gasteiger charge is 2.15. The third-order valence-corrected chi connectivity index (χ3v) is 4.17. The van der Waals surface area contributed by atoms with Crippen molar-refractivity contribution in [2.24, 2.45) is 0 Å². The largest absolute Gasteiger partial charge is 0.447 e. The third-order valence-electron chi connectivity index (χ3n) is 2.22. The molecule has 0 aliphatic rings. The third kappa shape index (κ3) is 5.28. The lowest BCUT2D eigenvalue weighted by atomic mass is 10.4. The van der Waals surface area contributed by atoms with E-state index in [0.29, 0.717) is 4.47 Å². The van der Waals surface area contributed by atoms with E-state index in [0.717, 1.165) is 0 Å². The average Bonchev–Trinajstić information content (AvgIpc) is 2.38. The van der Waals surface area contributed by atoms with Gasteiger partial charge in [-0.25, -0.2) is 13.1 Å². The molecule has 108 valence electrons. The molecule has 0 saturated heterocycles. The van der Waals surface area contributed by atoms with Crippen LogP contribution in [0.1, 0.15) is 13.3 Å². The Balaban J connectivity index is 2.53. The van der Waals surface area contributed by atoms with Gasteiger partial charge in [0.2, 0.25) is 10.0 Å². The van der Waals surface area contributed by atoms with Crippen LogP contribution in [0.3, 0.4) is 0 Å². The summed E-state index contributed by atoms with van der Waals surface area (Å²) in [5.41, 5.74) is 0. The number of nitriles is 1. The molecular weight excluding hydrogens is 348 g/mol. The smallest absolute Gasteiger partial charge is 0.308 e. The highest BCUT2D eigenvalue weighted by molar-refractivity contribution is 9.10. The lowest BCUT2D eigenvalue weighted by molar-refractivity contribution is -0.145. The summed E-state index contributed by atoms with van der Waals surface area (Å²) >= 11 is 3.18. The number of carbonyl (C=O) groups is 1. The van der Waals surface area contributed by atoms with Crippen molar-refractivity contribution in [1.29, 1.82) is 5.26 Å². The summed E-state index contributed by atoms with van der Waals surface area (Å²) in [4.78, 5) is 11.4. The number of benzene rings is 1. The minimum absolute atomic E-state index is 0.0914. The number of rotatable bonds is 6. The van der Waals surface area contributed by atoms with Crippen molar-refractivity contribution in [2.75, 3.05) is 6.54 Å². The fourth-order valence-corrected chi connectivity index (χ4v) is 2.92. The van der Waals surface area contributed by atoms with E-state index in [2.05, 4.69) is 20.7 Å². The van der Waals surface area contributed by atoms with Crippen molar-refractivity contribution in [3.05, 3.63) is 28.7 Å². The predicted molar refractivity (Wildman–Crippen MR) is 75.1 cm³/mol. The monoisotopic (exact) mass is 360 g/mol. The van der Waals surface area contributed by atoms with Gasteiger partial charge in [-0.3, -0.25) is 4.79 Å². The van der Waals surface area contributed by atoms with Gasteiger partial charge in [-0.2, -0.15) is 5.26 Å². The fraction of sp³-hybridized carbons (Fsp3) is 0.333. The van der Waals surface area contributed by atoms with Crippen LogP contribution in [0, 0.1) is 11.3 Å². The van der Waals surface area contributed by atoms with Gasteiger partial charge in [-0.1, -0.05) is 22.0 Å². The molecule has 0 unspecified atom stereocenters. The van der Waals surface area contributed by atoms with E-state index in [9.17, 15) is 13.2 Å². The zero-order valence-corrected chi connectivity index (χ0v) is 13.1. The maximum absolute atomic E-state index is 11.9. The van der Waals surface area contributed by atoms with Crippen LogP contribution in [0.2, 0.25) is 0 Å². The van der Waals surface area contributed by atoms with Gasteiger partial charge in [0.1, 0.15) is 6.07 Å². The second-order valence-corrected chi connectivity index (χ2v) is 6.55. The van der Waals surface area contributed by atoms with Crippen molar-refractivity contribution >= 4 is 31.9 Å². The van der Waals surface area contributed by atoms with E-state index in [1.54, 1.807) is 18.2 Å². The summed E-state index contributed by atoms with van der Waals surface area (Å²) in [7, 11) is -3.67. The normalized spacial score (nSPS) is 12.4. The first-order chi connectivity index (χ1) is 9.35. The Bertz CT molecular complexity index is 625. The van der Waals surface area contributed by atoms with Crippen molar-refractivity contribution < 1.29 is 17.9 Å². The Hall–Kier alpha value is -1.43. The van der Waals surface area contributed by atoms with Crippen molar-refractivity contribution in [2.45, 2.75) is 24.3 Å². The Morgan fingerprint density at radius 3 is 2.85 bits per heavy atom. The molecule has 1 atom stereocenters. The second kappa shape index (κ2) is 7.38. The zero-order chi connectivity index (χ0) is 15.2. The molecule has 1 aromatic carbocycles. The topological polar surface area (TPSA) is 96.3 Å². The molecule has 1 N–H and O–H groups in total. The van der Waals surface area contributed by atoms with Gasteiger partial charge in [0, 0.05) is 11.0 Å². The van der Waals surface area contributed by atoms with Crippen molar-refractivity contribution in [1.82, 2.24) is 4.72 Å².